The predicted octanol–water partition coefficient (Wildman–Crippen LogP) is 14.8. The number of hydrogen-bond acceptors (Lipinski definition) is 31. The average molecular weight is 1880 g/mol. The third-order valence-electron chi connectivity index (χ3n) is 21.3. The highest BCUT2D eigenvalue weighted by Gasteiger charge is 2.63. The van der Waals surface area contributed by atoms with Crippen molar-refractivity contribution < 1.29 is 142 Å². The number of methoxy groups -OCH3 is 2. The number of nitrogens with zero attached hydrogens (tertiary/aromatic N) is 2. The van der Waals surface area contributed by atoms with Crippen LogP contribution in [0.25, 0.3) is 0 Å². The Kier molecular flexibility index (Phi) is 55.4. The summed E-state index contributed by atoms with van der Waals surface area (Å²) in [5, 5.41) is 23.1. The third-order valence-corrected chi connectivity index (χ3v) is 21.9. The highest BCUT2D eigenvalue weighted by atomic mass is 31.2. The van der Waals surface area contributed by atoms with Gasteiger partial charge in [0.15, 0.2) is 6.17 Å². The molecule has 8 heterocycles. The Morgan fingerprint density at radius 2 is 0.822 bits per heavy atom. The van der Waals surface area contributed by atoms with Gasteiger partial charge in [0.2, 0.25) is 0 Å². The number of fused-ring (bicyclic) bond motifs is 2. The Morgan fingerprint density at radius 1 is 0.457 bits per heavy atom. The summed E-state index contributed by atoms with van der Waals surface area (Å²) in [6.45, 7) is 70.7. The van der Waals surface area contributed by atoms with Crippen LogP contribution in [0.2, 0.25) is 0 Å². The van der Waals surface area contributed by atoms with E-state index in [-0.39, 0.29) is 213 Å². The molecule has 8 fully saturated rings. The maximum atomic E-state index is 13.8. The van der Waals surface area contributed by atoms with Gasteiger partial charge in [-0.1, -0.05) is 0 Å². The largest absolute Gasteiger partial charge is 0.382 e. The van der Waals surface area contributed by atoms with E-state index < -0.39 is 71.8 Å². The van der Waals surface area contributed by atoms with Crippen LogP contribution in [-0.4, -0.2) is 339 Å². The van der Waals surface area contributed by atoms with Crippen molar-refractivity contribution >= 4 is 19.0 Å². The van der Waals surface area contributed by atoms with Crippen LogP contribution in [-0.2, 0) is 123 Å². The molecule has 0 saturated carbocycles. The first-order chi connectivity index (χ1) is 60.1. The van der Waals surface area contributed by atoms with Gasteiger partial charge in [0, 0.05) is 39.4 Å². The molecule has 1 aromatic carbocycles. The van der Waals surface area contributed by atoms with Crippen molar-refractivity contribution in [2.45, 2.75) is 478 Å². The molecule has 36 heteroatoms. The molecule has 0 aromatic heterocycles. The van der Waals surface area contributed by atoms with Crippen LogP contribution in [0.15, 0.2) is 18.2 Å². The van der Waals surface area contributed by atoms with Gasteiger partial charge < -0.3 is 124 Å². The lowest BCUT2D eigenvalue weighted by atomic mass is 9.86. The first kappa shape index (κ1) is 120. The van der Waals surface area contributed by atoms with E-state index in [9.17, 15) is 34.1 Å². The smallest absolute Gasteiger partial charge is 0.325 e. The lowest BCUT2D eigenvalue weighted by Gasteiger charge is -2.31. The summed E-state index contributed by atoms with van der Waals surface area (Å²) < 4.78 is 167. The van der Waals surface area contributed by atoms with Crippen LogP contribution in [0.1, 0.15) is 246 Å². The van der Waals surface area contributed by atoms with Gasteiger partial charge in [-0.05, 0) is 235 Å². The number of benzene rings is 1. The van der Waals surface area contributed by atoms with Gasteiger partial charge in [0.25, 0.3) is 11.4 Å². The minimum atomic E-state index is -3.58. The molecule has 760 valence electrons. The zero-order chi connectivity index (χ0) is 98.0. The van der Waals surface area contributed by atoms with E-state index in [1.54, 1.807) is 28.1 Å². The quantitative estimate of drug-likeness (QED) is 0.0265. The number of ether oxygens (including phenoxy) is 24. The molecular formula is C93H175FN3O31P. The number of alkyl halides is 1. The Morgan fingerprint density at radius 3 is 1.22 bits per heavy atom. The minimum Gasteiger partial charge on any atom is -0.382 e. The molecule has 129 heavy (non-hydrogen) atoms. The first-order valence-electron chi connectivity index (χ1n) is 47.0. The molecule has 9 rings (SSSR count). The van der Waals surface area contributed by atoms with E-state index in [2.05, 4.69) is 20.8 Å². The number of rotatable bonds is 43. The molecule has 0 amide bonds. The minimum absolute atomic E-state index is 0.00120. The number of nitro benzene ring substituents is 2. The van der Waals surface area contributed by atoms with Crippen molar-refractivity contribution in [3.8, 4) is 0 Å². The molecule has 34 nitrogen and oxygen atoms in total. The monoisotopic (exact) mass is 1880 g/mol. The fourth-order valence-corrected chi connectivity index (χ4v) is 16.6. The molecule has 3 N–H and O–H groups in total. The van der Waals surface area contributed by atoms with Crippen LogP contribution in [0.3, 0.4) is 0 Å². The number of halogens is 1. The fourth-order valence-electron chi connectivity index (χ4n) is 15.9. The molecule has 1 aromatic rings. The SMILES string of the molecule is CC(C)OC[C@H]1O[C@@H](C)CC1OC(C)C.CC(C)OC[C@H]1O[C@@H](C)[C@@H](F)C1OC(C)C.CC(C)OC[C@H]1O[C@@H](C)[C@@H](N)C1OC(C)C.CC(C)OC[C@H]1O[C@@H](C)[C@@H](c2c([N+](=O)[O-])cccc2[N+](=O)[O-])C1OC(C)C.CC(C)OC[C@]12CO[C@@H](C1OP(C)(=O)O)[C@H](C)O2.COCCO[C@H]1C(OC(C)C)[C@@H](COC(C)C)O[C@H]1C.CO[C@H]1C(OC(C)C)[C@@H](COC(C)C)O[C@H]1C. The predicted molar refractivity (Wildman–Crippen MR) is 490 cm³/mol. The second-order valence-corrected chi connectivity index (χ2v) is 39.9. The van der Waals surface area contributed by atoms with Gasteiger partial charge in [-0.3, -0.25) is 29.3 Å². The summed E-state index contributed by atoms with van der Waals surface area (Å²) in [5.74, 6) is -0.657. The number of nitrogens with two attached hydrogens (primary N) is 1. The average Bonchev–Trinajstić information content (AvgIpc) is 1.58. The Bertz CT molecular complexity index is 3160. The Hall–Kier alpha value is -2.90. The van der Waals surface area contributed by atoms with Crippen molar-refractivity contribution in [3.05, 3.63) is 44.0 Å². The van der Waals surface area contributed by atoms with Gasteiger partial charge in [0.05, 0.1) is 222 Å². The molecule has 8 saturated heterocycles. The lowest BCUT2D eigenvalue weighted by molar-refractivity contribution is -0.396. The van der Waals surface area contributed by atoms with Crippen LogP contribution in [0, 0.1) is 20.2 Å². The van der Waals surface area contributed by atoms with Gasteiger partial charge in [0.1, 0.15) is 96.6 Å². The highest BCUT2D eigenvalue weighted by Crippen LogP contribution is 2.51. The van der Waals surface area contributed by atoms with Crippen LogP contribution >= 0.6 is 7.60 Å². The molecule has 0 radical (unpaired) electrons. The van der Waals surface area contributed by atoms with E-state index in [1.165, 1.54) is 24.9 Å². The standard InChI is InChI=1S/C18H26N2O7.C15H30O5.C13H26O4.C12H23FO3.C12H25NO3.C12H24O3.C11H21O6P/c1-10(2)25-9-15-18(26-11(3)4)16(12(5)27-15)17-13(19(21)22)7-6-8-14(17)20(23)24;1-10(2)18-9-13-15(19-11(3)4)14(12(5)20-13)17-8-7-16-6;1-8(2)15-7-11-13(16-9(3)4)12(14-6)10(5)17-11;2*1-7(2)14-6-10-12(15-8(3)4)11(13)9(5)16-10;1-8(2)13-7-12-11(14-9(3)4)6-10(5)15-12;1-7(2)14-5-11-6-15-9(8(3)16-11)10(11)17-18(4,12)13/h6-8,10-12,15-16,18H,9H2,1-5H3;10-15H,7-9H2,1-6H3;8-13H,7H2,1-6H3;7-12H,6H2,1-5H3;7-12H,6,13H2,1-5H3;8-12H,6-7H2,1-5H3;7-10H,5-6H2,1-4H3,(H,12,13)/t12-,15+,16-,18?;12-,13+,14+,15?;10-,11+,12+,13?;2*9-,10+,11+,12?;10-,11?,12+;8-,9+,10?,11-/m0000000/s1. The summed E-state index contributed by atoms with van der Waals surface area (Å²) in [5.41, 5.74) is 4.74. The molecule has 28 atom stereocenters. The van der Waals surface area contributed by atoms with Crippen molar-refractivity contribution in [1.82, 2.24) is 0 Å². The van der Waals surface area contributed by atoms with Crippen molar-refractivity contribution in [2.75, 3.05) is 87.0 Å². The van der Waals surface area contributed by atoms with E-state index >= 15 is 0 Å². The summed E-state index contributed by atoms with van der Waals surface area (Å²) in [4.78, 5) is 31.3. The molecule has 8 unspecified atom stereocenters. The van der Waals surface area contributed by atoms with Gasteiger partial charge in [-0.15, -0.1) is 0 Å². The molecular weight excluding hydrogens is 1700 g/mol. The van der Waals surface area contributed by atoms with Crippen molar-refractivity contribution in [1.29, 1.82) is 0 Å². The topological polar surface area (TPSA) is 380 Å². The van der Waals surface area contributed by atoms with Crippen molar-refractivity contribution in [2.24, 2.45) is 5.73 Å². The molecule has 2 bridgehead atoms. The summed E-state index contributed by atoms with van der Waals surface area (Å²) in [6.07, 6.45) is -2.20. The zero-order valence-corrected chi connectivity index (χ0v) is 85.9. The summed E-state index contributed by atoms with van der Waals surface area (Å²) >= 11 is 0. The lowest BCUT2D eigenvalue weighted by Crippen LogP contribution is -2.46. The zero-order valence-electron chi connectivity index (χ0n) is 85.0. The van der Waals surface area contributed by atoms with Crippen LogP contribution in [0.5, 0.6) is 0 Å². The van der Waals surface area contributed by atoms with Crippen LogP contribution in [0.4, 0.5) is 15.8 Å². The molecule has 8 aliphatic rings. The van der Waals surface area contributed by atoms with E-state index in [4.69, 9.17) is 124 Å². The van der Waals surface area contributed by atoms with Gasteiger partial charge >= 0.3 is 7.60 Å². The molecule has 0 spiro atoms. The maximum absolute atomic E-state index is 13.8. The third kappa shape index (κ3) is 42.1. The van der Waals surface area contributed by atoms with Gasteiger partial charge in [-0.2, -0.15) is 0 Å². The molecule has 8 aliphatic heterocycles. The Balaban J connectivity index is 0.000000392. The van der Waals surface area contributed by atoms with Crippen molar-refractivity contribution in [3.63, 3.8) is 0 Å². The normalized spacial score (nSPS) is 32.9. The number of nitro groups is 2. The maximum Gasteiger partial charge on any atom is 0.325 e. The fraction of sp³-hybridized carbons (Fsp3) is 0.935. The second kappa shape index (κ2) is 59.4. The van der Waals surface area contributed by atoms with E-state index in [0.29, 0.717) is 59.5 Å². The Labute approximate surface area is 772 Å². The molecule has 0 aliphatic carbocycles. The summed E-state index contributed by atoms with van der Waals surface area (Å²) in [6, 6.07) is 3.81. The van der Waals surface area contributed by atoms with Crippen LogP contribution < -0.4 is 5.73 Å². The van der Waals surface area contributed by atoms with E-state index in [1.807, 2.05) is 194 Å². The second-order valence-electron chi connectivity index (χ2n) is 38.0. The first-order valence-corrected chi connectivity index (χ1v) is 49.0. The summed E-state index contributed by atoms with van der Waals surface area (Å²) in [7, 11) is -0.214. The van der Waals surface area contributed by atoms with Gasteiger partial charge in [-0.25, -0.2) is 4.39 Å². The highest BCUT2D eigenvalue weighted by molar-refractivity contribution is 7.51. The number of hydrogen-bond donors (Lipinski definition) is 2. The van der Waals surface area contributed by atoms with E-state index in [0.717, 1.165) is 6.42 Å².